The number of halogens is 2. The Morgan fingerprint density at radius 1 is 1.22 bits per heavy atom. The summed E-state index contributed by atoms with van der Waals surface area (Å²) in [5, 5.41) is 0.632. The van der Waals surface area contributed by atoms with Gasteiger partial charge in [-0.3, -0.25) is 20.4 Å². The van der Waals surface area contributed by atoms with Crippen molar-refractivity contribution in [3.63, 3.8) is 0 Å². The van der Waals surface area contributed by atoms with Crippen molar-refractivity contribution in [3.05, 3.63) is 57.3 Å². The van der Waals surface area contributed by atoms with Gasteiger partial charge in [-0.05, 0) is 52.5 Å². The number of carbonyl (C=O) groups is 2. The van der Waals surface area contributed by atoms with E-state index < -0.39 is 5.41 Å². The van der Waals surface area contributed by atoms with Crippen molar-refractivity contribution in [1.29, 1.82) is 0 Å². The SMILES string of the molecule is Cn1cc(Br)cc1C(=O)NNC(=O)C1(c2ccc(Cl)cc2)CC1. The Kier molecular flexibility index (Phi) is 4.21. The van der Waals surface area contributed by atoms with E-state index >= 15 is 0 Å². The van der Waals surface area contributed by atoms with Crippen molar-refractivity contribution in [1.82, 2.24) is 15.4 Å². The summed E-state index contributed by atoms with van der Waals surface area (Å²) < 4.78 is 2.48. The summed E-state index contributed by atoms with van der Waals surface area (Å²) in [6.07, 6.45) is 3.28. The summed E-state index contributed by atoms with van der Waals surface area (Å²) >= 11 is 9.20. The molecule has 1 aromatic carbocycles. The summed E-state index contributed by atoms with van der Waals surface area (Å²) in [4.78, 5) is 24.6. The maximum atomic E-state index is 12.5. The third-order valence-corrected chi connectivity index (χ3v) is 4.76. The smallest absolute Gasteiger partial charge is 0.286 e. The van der Waals surface area contributed by atoms with E-state index in [9.17, 15) is 9.59 Å². The molecule has 0 atom stereocenters. The summed E-state index contributed by atoms with van der Waals surface area (Å²) in [5.41, 5.74) is 5.81. The van der Waals surface area contributed by atoms with E-state index in [0.717, 1.165) is 22.9 Å². The Morgan fingerprint density at radius 3 is 2.39 bits per heavy atom. The summed E-state index contributed by atoms with van der Waals surface area (Å²) in [7, 11) is 1.76. The van der Waals surface area contributed by atoms with Crippen LogP contribution in [0.15, 0.2) is 41.0 Å². The van der Waals surface area contributed by atoms with Gasteiger partial charge in [0.05, 0.1) is 5.41 Å². The van der Waals surface area contributed by atoms with Gasteiger partial charge in [0.15, 0.2) is 0 Å². The number of amides is 2. The lowest BCUT2D eigenvalue weighted by Crippen LogP contribution is -2.46. The van der Waals surface area contributed by atoms with Crippen molar-refractivity contribution in [3.8, 4) is 0 Å². The highest BCUT2D eigenvalue weighted by atomic mass is 79.9. The number of hydrogen-bond acceptors (Lipinski definition) is 2. The van der Waals surface area contributed by atoms with Gasteiger partial charge in [-0.25, -0.2) is 0 Å². The fourth-order valence-electron chi connectivity index (χ4n) is 2.59. The van der Waals surface area contributed by atoms with Crippen LogP contribution in [0.1, 0.15) is 28.9 Å². The molecule has 23 heavy (non-hydrogen) atoms. The Labute approximate surface area is 147 Å². The maximum Gasteiger partial charge on any atom is 0.286 e. The predicted molar refractivity (Wildman–Crippen MR) is 91.1 cm³/mol. The van der Waals surface area contributed by atoms with Crippen LogP contribution in [0, 0.1) is 0 Å². The van der Waals surface area contributed by atoms with Crippen molar-refractivity contribution in [2.24, 2.45) is 7.05 Å². The van der Waals surface area contributed by atoms with Gasteiger partial charge in [-0.15, -0.1) is 0 Å². The van der Waals surface area contributed by atoms with Gasteiger partial charge in [0, 0.05) is 22.7 Å². The van der Waals surface area contributed by atoms with Gasteiger partial charge in [0.25, 0.3) is 5.91 Å². The number of hydrazine groups is 1. The molecule has 7 heteroatoms. The Hall–Kier alpha value is -1.79. The van der Waals surface area contributed by atoms with Gasteiger partial charge >= 0.3 is 0 Å². The maximum absolute atomic E-state index is 12.5. The van der Waals surface area contributed by atoms with Crippen LogP contribution < -0.4 is 10.9 Å². The Balaban J connectivity index is 1.66. The number of rotatable bonds is 3. The molecule has 0 unspecified atom stereocenters. The molecule has 1 aliphatic rings. The van der Waals surface area contributed by atoms with Gasteiger partial charge in [0.1, 0.15) is 5.69 Å². The number of nitrogens with zero attached hydrogens (tertiary/aromatic N) is 1. The Bertz CT molecular complexity index is 766. The normalized spacial score (nSPS) is 15.1. The lowest BCUT2D eigenvalue weighted by atomic mass is 9.95. The molecule has 5 nitrogen and oxygen atoms in total. The molecule has 120 valence electrons. The topological polar surface area (TPSA) is 63.1 Å². The standard InChI is InChI=1S/C16H15BrClN3O2/c1-21-9-11(17)8-13(21)14(22)19-20-15(23)16(6-7-16)10-2-4-12(18)5-3-10/h2-5,8-9H,6-7H2,1H3,(H,19,22)(H,20,23). The van der Waals surface area contributed by atoms with Gasteiger partial charge in [-0.1, -0.05) is 23.7 Å². The van der Waals surface area contributed by atoms with E-state index in [1.165, 1.54) is 0 Å². The number of aromatic nitrogens is 1. The first kappa shape index (κ1) is 16.1. The van der Waals surface area contributed by atoms with Crippen LogP contribution in [-0.4, -0.2) is 16.4 Å². The van der Waals surface area contributed by atoms with E-state index in [2.05, 4.69) is 26.8 Å². The van der Waals surface area contributed by atoms with Crippen LogP contribution in [0.4, 0.5) is 0 Å². The molecule has 0 aliphatic heterocycles. The molecule has 1 heterocycles. The van der Waals surface area contributed by atoms with E-state index in [1.807, 2.05) is 12.1 Å². The molecule has 1 aromatic heterocycles. The highest BCUT2D eigenvalue weighted by Crippen LogP contribution is 2.48. The summed E-state index contributed by atoms with van der Waals surface area (Å²) in [6.45, 7) is 0. The molecule has 1 saturated carbocycles. The molecule has 0 saturated heterocycles. The van der Waals surface area contributed by atoms with Crippen molar-refractivity contribution in [2.45, 2.75) is 18.3 Å². The first-order valence-corrected chi connectivity index (χ1v) is 8.28. The molecule has 2 N–H and O–H groups in total. The van der Waals surface area contributed by atoms with Crippen molar-refractivity contribution in [2.75, 3.05) is 0 Å². The summed E-state index contributed by atoms with van der Waals surface area (Å²) in [6, 6.07) is 8.93. The van der Waals surface area contributed by atoms with Gasteiger partial charge in [0.2, 0.25) is 5.91 Å². The molecule has 1 fully saturated rings. The summed E-state index contributed by atoms with van der Waals surface area (Å²) in [5.74, 6) is -0.570. The molecule has 2 amide bonds. The van der Waals surface area contributed by atoms with E-state index in [0.29, 0.717) is 10.7 Å². The van der Waals surface area contributed by atoms with Gasteiger partial charge in [-0.2, -0.15) is 0 Å². The minimum atomic E-state index is -0.563. The molecule has 0 spiro atoms. The molecule has 0 bridgehead atoms. The number of nitrogens with one attached hydrogen (secondary N) is 2. The fourth-order valence-corrected chi connectivity index (χ4v) is 3.24. The molecular weight excluding hydrogens is 382 g/mol. The lowest BCUT2D eigenvalue weighted by Gasteiger charge is -2.16. The zero-order valence-corrected chi connectivity index (χ0v) is 14.7. The quantitative estimate of drug-likeness (QED) is 0.784. The Morgan fingerprint density at radius 2 is 1.87 bits per heavy atom. The molecule has 2 aromatic rings. The van der Waals surface area contributed by atoms with Crippen LogP contribution in [-0.2, 0) is 17.3 Å². The highest BCUT2D eigenvalue weighted by molar-refractivity contribution is 9.10. The van der Waals surface area contributed by atoms with E-state index in [1.54, 1.807) is 36.0 Å². The fraction of sp³-hybridized carbons (Fsp3) is 0.250. The molecule has 3 rings (SSSR count). The van der Waals surface area contributed by atoms with Crippen LogP contribution in [0.25, 0.3) is 0 Å². The third-order valence-electron chi connectivity index (χ3n) is 4.08. The predicted octanol–water partition coefficient (Wildman–Crippen LogP) is 2.93. The van der Waals surface area contributed by atoms with Gasteiger partial charge < -0.3 is 4.57 Å². The van der Waals surface area contributed by atoms with Crippen LogP contribution in [0.5, 0.6) is 0 Å². The minimum absolute atomic E-state index is 0.207. The van der Waals surface area contributed by atoms with Crippen LogP contribution >= 0.6 is 27.5 Å². The van der Waals surface area contributed by atoms with Crippen molar-refractivity contribution < 1.29 is 9.59 Å². The molecule has 0 radical (unpaired) electrons. The lowest BCUT2D eigenvalue weighted by molar-refractivity contribution is -0.124. The minimum Gasteiger partial charge on any atom is -0.345 e. The first-order chi connectivity index (χ1) is 10.9. The zero-order chi connectivity index (χ0) is 16.6. The molecular formula is C16H15BrClN3O2. The second kappa shape index (κ2) is 6.02. The third kappa shape index (κ3) is 3.14. The number of aryl methyl sites for hydroxylation is 1. The average molecular weight is 397 g/mol. The van der Waals surface area contributed by atoms with Crippen LogP contribution in [0.3, 0.4) is 0 Å². The van der Waals surface area contributed by atoms with E-state index in [-0.39, 0.29) is 11.8 Å². The number of carbonyl (C=O) groups excluding carboxylic acids is 2. The largest absolute Gasteiger partial charge is 0.345 e. The van der Waals surface area contributed by atoms with E-state index in [4.69, 9.17) is 11.6 Å². The second-order valence-electron chi connectivity index (χ2n) is 5.65. The monoisotopic (exact) mass is 395 g/mol. The number of benzene rings is 1. The first-order valence-electron chi connectivity index (χ1n) is 7.11. The average Bonchev–Trinajstić information content (AvgIpc) is 3.25. The second-order valence-corrected chi connectivity index (χ2v) is 7.00. The van der Waals surface area contributed by atoms with Crippen molar-refractivity contribution >= 4 is 39.3 Å². The molecule has 1 aliphatic carbocycles. The van der Waals surface area contributed by atoms with Crippen LogP contribution in [0.2, 0.25) is 5.02 Å². The zero-order valence-electron chi connectivity index (χ0n) is 12.4. The highest BCUT2D eigenvalue weighted by Gasteiger charge is 2.51. The number of hydrogen-bond donors (Lipinski definition) is 2.